The molecule has 1 saturated heterocycles. The molecule has 98 valence electrons. The fourth-order valence-corrected chi connectivity index (χ4v) is 1.17. The standard InChI is InChI=1S/C6H13NO2.C4H5NO3/c1-4(2)3-5(7)6(8)9;6-3-1-2-4(7)5(3)8/h4-5H,3,7H2,1-2H3,(H,8,9);8H,1-2H2/t5-;/m0./s1. The van der Waals surface area contributed by atoms with Crippen molar-refractivity contribution < 1.29 is 24.7 Å². The van der Waals surface area contributed by atoms with E-state index in [1.54, 1.807) is 0 Å². The lowest BCUT2D eigenvalue weighted by atomic mass is 10.1. The van der Waals surface area contributed by atoms with Crippen LogP contribution in [0.5, 0.6) is 0 Å². The third kappa shape index (κ3) is 5.98. The van der Waals surface area contributed by atoms with E-state index in [1.807, 2.05) is 13.8 Å². The third-order valence-electron chi connectivity index (χ3n) is 2.07. The summed E-state index contributed by atoms with van der Waals surface area (Å²) in [5, 5.41) is 16.9. The summed E-state index contributed by atoms with van der Waals surface area (Å²) < 4.78 is 0. The van der Waals surface area contributed by atoms with Crippen LogP contribution in [-0.4, -0.2) is 39.2 Å². The molecule has 1 aliphatic heterocycles. The summed E-state index contributed by atoms with van der Waals surface area (Å²) in [5.74, 6) is -1.56. The maximum absolute atomic E-state index is 10.2. The van der Waals surface area contributed by atoms with Crippen LogP contribution in [0.3, 0.4) is 0 Å². The monoisotopic (exact) mass is 246 g/mol. The quantitative estimate of drug-likeness (QED) is 0.475. The minimum atomic E-state index is -0.913. The number of carboxylic acids is 1. The highest BCUT2D eigenvalue weighted by Crippen LogP contribution is 2.07. The topological polar surface area (TPSA) is 121 Å². The van der Waals surface area contributed by atoms with E-state index in [0.717, 1.165) is 0 Å². The number of carbonyl (C=O) groups excluding carboxylic acids is 2. The molecule has 0 bridgehead atoms. The number of hydrogen-bond acceptors (Lipinski definition) is 5. The minimum Gasteiger partial charge on any atom is -0.480 e. The van der Waals surface area contributed by atoms with Crippen molar-refractivity contribution >= 4 is 17.8 Å². The van der Waals surface area contributed by atoms with Crippen LogP contribution in [0.15, 0.2) is 0 Å². The lowest BCUT2D eigenvalue weighted by molar-refractivity contribution is -0.171. The normalized spacial score (nSPS) is 16.9. The Labute approximate surface area is 99.2 Å². The number of carboxylic acid groups (broad SMARTS) is 1. The molecule has 0 aromatic carbocycles. The molecule has 1 rings (SSSR count). The largest absolute Gasteiger partial charge is 0.480 e. The van der Waals surface area contributed by atoms with Crippen LogP contribution in [-0.2, 0) is 14.4 Å². The van der Waals surface area contributed by atoms with Gasteiger partial charge in [0.2, 0.25) is 0 Å². The Morgan fingerprint density at radius 1 is 1.35 bits per heavy atom. The van der Waals surface area contributed by atoms with Gasteiger partial charge in [0.25, 0.3) is 11.8 Å². The molecule has 1 aliphatic rings. The maximum Gasteiger partial charge on any atom is 0.320 e. The van der Waals surface area contributed by atoms with Gasteiger partial charge in [-0.05, 0) is 12.3 Å². The second-order valence-corrected chi connectivity index (χ2v) is 4.17. The van der Waals surface area contributed by atoms with Gasteiger partial charge in [0.15, 0.2) is 0 Å². The number of amides is 2. The molecule has 0 unspecified atom stereocenters. The summed E-state index contributed by atoms with van der Waals surface area (Å²) in [7, 11) is 0. The molecule has 4 N–H and O–H groups in total. The van der Waals surface area contributed by atoms with Crippen LogP contribution in [0.1, 0.15) is 33.1 Å². The van der Waals surface area contributed by atoms with Gasteiger partial charge >= 0.3 is 5.97 Å². The zero-order valence-electron chi connectivity index (χ0n) is 9.92. The smallest absolute Gasteiger partial charge is 0.320 e. The van der Waals surface area contributed by atoms with Crippen molar-refractivity contribution in [3.05, 3.63) is 0 Å². The molecular formula is C10H18N2O5. The Hall–Kier alpha value is -1.47. The highest BCUT2D eigenvalue weighted by Gasteiger charge is 2.26. The molecule has 0 spiro atoms. The van der Waals surface area contributed by atoms with E-state index >= 15 is 0 Å². The van der Waals surface area contributed by atoms with Gasteiger partial charge in [-0.2, -0.15) is 5.06 Å². The van der Waals surface area contributed by atoms with E-state index in [-0.39, 0.29) is 17.9 Å². The lowest BCUT2D eigenvalue weighted by Crippen LogP contribution is -2.31. The number of rotatable bonds is 3. The van der Waals surface area contributed by atoms with Crippen LogP contribution >= 0.6 is 0 Å². The highest BCUT2D eigenvalue weighted by atomic mass is 16.5. The minimum absolute atomic E-state index is 0.148. The van der Waals surface area contributed by atoms with Gasteiger partial charge in [0.1, 0.15) is 6.04 Å². The van der Waals surface area contributed by atoms with Crippen molar-refractivity contribution in [3.63, 3.8) is 0 Å². The molecule has 7 heteroatoms. The first-order chi connectivity index (χ1) is 7.75. The lowest BCUT2D eigenvalue weighted by Gasteiger charge is -2.07. The summed E-state index contributed by atoms with van der Waals surface area (Å²) in [5.41, 5.74) is 5.22. The highest BCUT2D eigenvalue weighted by molar-refractivity contribution is 6.00. The summed E-state index contributed by atoms with van der Waals surface area (Å²) in [4.78, 5) is 30.6. The zero-order valence-corrected chi connectivity index (χ0v) is 9.92. The number of hydroxylamine groups is 2. The Morgan fingerprint density at radius 2 is 1.76 bits per heavy atom. The molecule has 1 atom stereocenters. The number of nitrogens with zero attached hydrogens (tertiary/aromatic N) is 1. The van der Waals surface area contributed by atoms with Gasteiger partial charge in [0, 0.05) is 12.8 Å². The fraction of sp³-hybridized carbons (Fsp3) is 0.700. The Morgan fingerprint density at radius 3 is 1.88 bits per heavy atom. The van der Waals surface area contributed by atoms with E-state index in [2.05, 4.69) is 0 Å². The molecule has 7 nitrogen and oxygen atoms in total. The Bertz CT molecular complexity index is 287. The summed E-state index contributed by atoms with van der Waals surface area (Å²) >= 11 is 0. The molecular weight excluding hydrogens is 228 g/mol. The predicted molar refractivity (Wildman–Crippen MR) is 57.9 cm³/mol. The van der Waals surface area contributed by atoms with Crippen LogP contribution in [0, 0.1) is 5.92 Å². The molecule has 0 aromatic heterocycles. The number of nitrogens with two attached hydrogens (primary N) is 1. The zero-order chi connectivity index (χ0) is 13.6. The Balaban J connectivity index is 0.000000302. The number of carbonyl (C=O) groups is 3. The van der Waals surface area contributed by atoms with E-state index in [0.29, 0.717) is 12.3 Å². The van der Waals surface area contributed by atoms with Crippen molar-refractivity contribution in [1.82, 2.24) is 5.06 Å². The molecule has 1 heterocycles. The second kappa shape index (κ2) is 6.97. The molecule has 1 fully saturated rings. The fourth-order valence-electron chi connectivity index (χ4n) is 1.17. The van der Waals surface area contributed by atoms with E-state index < -0.39 is 23.8 Å². The first kappa shape index (κ1) is 15.5. The van der Waals surface area contributed by atoms with Crippen molar-refractivity contribution in [2.45, 2.75) is 39.2 Å². The van der Waals surface area contributed by atoms with Crippen molar-refractivity contribution in [3.8, 4) is 0 Å². The van der Waals surface area contributed by atoms with Crippen LogP contribution in [0.25, 0.3) is 0 Å². The molecule has 0 aromatic rings. The van der Waals surface area contributed by atoms with Gasteiger partial charge < -0.3 is 10.8 Å². The average Bonchev–Trinajstić information content (AvgIpc) is 2.49. The molecule has 2 amide bonds. The molecule has 0 aliphatic carbocycles. The number of hydrogen-bond donors (Lipinski definition) is 3. The summed E-state index contributed by atoms with van der Waals surface area (Å²) in [6.07, 6.45) is 0.847. The second-order valence-electron chi connectivity index (χ2n) is 4.17. The van der Waals surface area contributed by atoms with E-state index in [4.69, 9.17) is 16.0 Å². The molecule has 0 radical (unpaired) electrons. The van der Waals surface area contributed by atoms with Crippen LogP contribution in [0.2, 0.25) is 0 Å². The Kier molecular flexibility index (Phi) is 6.37. The summed E-state index contributed by atoms with van der Waals surface area (Å²) in [6, 6.07) is -0.690. The van der Waals surface area contributed by atoms with Gasteiger partial charge in [-0.3, -0.25) is 19.6 Å². The van der Waals surface area contributed by atoms with Crippen LogP contribution < -0.4 is 5.73 Å². The molecule has 17 heavy (non-hydrogen) atoms. The SMILES string of the molecule is CC(C)C[C@H](N)C(=O)O.O=C1CCC(=O)N1O. The average molecular weight is 246 g/mol. The number of aliphatic carboxylic acids is 1. The first-order valence-electron chi connectivity index (χ1n) is 5.28. The van der Waals surface area contributed by atoms with Crippen LogP contribution in [0.4, 0.5) is 0 Å². The first-order valence-corrected chi connectivity index (χ1v) is 5.28. The van der Waals surface area contributed by atoms with Crippen molar-refractivity contribution in [1.29, 1.82) is 0 Å². The van der Waals surface area contributed by atoms with Gasteiger partial charge in [-0.1, -0.05) is 13.8 Å². The van der Waals surface area contributed by atoms with Crippen molar-refractivity contribution in [2.75, 3.05) is 0 Å². The maximum atomic E-state index is 10.2. The van der Waals surface area contributed by atoms with Gasteiger partial charge in [-0.15, -0.1) is 0 Å². The van der Waals surface area contributed by atoms with E-state index in [9.17, 15) is 14.4 Å². The van der Waals surface area contributed by atoms with Crippen molar-refractivity contribution in [2.24, 2.45) is 11.7 Å². The third-order valence-corrected chi connectivity index (χ3v) is 2.07. The van der Waals surface area contributed by atoms with Gasteiger partial charge in [0.05, 0.1) is 0 Å². The summed E-state index contributed by atoms with van der Waals surface area (Å²) in [6.45, 7) is 3.89. The number of imide groups is 1. The van der Waals surface area contributed by atoms with E-state index in [1.165, 1.54) is 0 Å². The molecule has 0 saturated carbocycles. The van der Waals surface area contributed by atoms with Gasteiger partial charge in [-0.25, -0.2) is 0 Å². The predicted octanol–water partition coefficient (Wildman–Crippen LogP) is -0.0310.